The van der Waals surface area contributed by atoms with Gasteiger partial charge >= 0.3 is 0 Å². The second kappa shape index (κ2) is 14.4. The molecule has 6 heterocycles. The highest BCUT2D eigenvalue weighted by atomic mass is 16.3. The molecule has 0 bridgehead atoms. The molecule has 3 atom stereocenters. The zero-order valence-corrected chi connectivity index (χ0v) is 26.1. The molecular formula is C29H39N15O3. The highest BCUT2D eigenvalue weighted by Gasteiger charge is 2.27. The van der Waals surface area contributed by atoms with Crippen LogP contribution in [0.3, 0.4) is 0 Å². The molecule has 47 heavy (non-hydrogen) atoms. The van der Waals surface area contributed by atoms with Crippen LogP contribution in [0.5, 0.6) is 0 Å². The third-order valence-corrected chi connectivity index (χ3v) is 7.21. The molecule has 6 rings (SSSR count). The van der Waals surface area contributed by atoms with Crippen molar-refractivity contribution in [2.75, 3.05) is 20.1 Å². The van der Waals surface area contributed by atoms with Gasteiger partial charge < -0.3 is 45.2 Å². The van der Waals surface area contributed by atoms with Gasteiger partial charge in [0.05, 0.1) is 45.0 Å². The quantitative estimate of drug-likeness (QED) is 0.146. The van der Waals surface area contributed by atoms with E-state index >= 15 is 0 Å². The van der Waals surface area contributed by atoms with Crippen molar-refractivity contribution in [1.82, 2.24) is 36.4 Å². The fourth-order valence-corrected chi connectivity index (χ4v) is 5.07. The number of hydrogen-bond donors (Lipinski definition) is 7. The van der Waals surface area contributed by atoms with Gasteiger partial charge in [-0.05, 0) is 43.3 Å². The van der Waals surface area contributed by atoms with E-state index in [0.717, 1.165) is 17.3 Å². The first kappa shape index (κ1) is 31.1. The average Bonchev–Trinajstić information content (AvgIpc) is 3.86. The molecule has 0 spiro atoms. The van der Waals surface area contributed by atoms with E-state index in [2.05, 4.69) is 41.6 Å². The lowest BCUT2D eigenvalue weighted by atomic mass is 10.3. The molecule has 0 amide bonds. The standard InChI is InChI=1S/C29H39N15O3/c1-18-34-26(32-2)42-28(35-18)44(16-21-8-5-13-47-21)17-23-37-25(31)41-29(39-23)43(15-20-7-4-12-46-20)10-9-22-36-24(30)40-27(38-22)33-14-19-6-3-11-45-19/h3-8,11-13,18,22-23H,9-10,14-17H2,1-2H3,(H3,31,37,39,41)(H2,32,34,35,42)(H4,30,33,36,38,40). The van der Waals surface area contributed by atoms with Crippen LogP contribution in [0, 0.1) is 0 Å². The fraction of sp³-hybridized carbons (Fsp3) is 0.379. The maximum Gasteiger partial charge on any atom is 0.203 e. The molecule has 18 heteroatoms. The summed E-state index contributed by atoms with van der Waals surface area (Å²) in [6.07, 6.45) is 4.12. The Morgan fingerprint density at radius 1 is 0.723 bits per heavy atom. The van der Waals surface area contributed by atoms with Crippen molar-refractivity contribution < 1.29 is 13.3 Å². The summed E-state index contributed by atoms with van der Waals surface area (Å²) in [4.78, 5) is 32.0. The minimum Gasteiger partial charge on any atom is -0.467 e. The molecule has 3 aliphatic rings. The number of aliphatic imine (C=N–C) groups is 6. The summed E-state index contributed by atoms with van der Waals surface area (Å²) >= 11 is 0. The molecule has 0 aromatic carbocycles. The highest BCUT2D eigenvalue weighted by molar-refractivity contribution is 6.01. The van der Waals surface area contributed by atoms with Crippen molar-refractivity contribution in [1.29, 1.82) is 0 Å². The normalized spacial score (nSPS) is 20.6. The average molecular weight is 646 g/mol. The molecule has 248 valence electrons. The third kappa shape index (κ3) is 8.41. The first-order valence-electron chi connectivity index (χ1n) is 15.2. The van der Waals surface area contributed by atoms with Crippen molar-refractivity contribution >= 4 is 35.8 Å². The van der Waals surface area contributed by atoms with Crippen LogP contribution in [0.1, 0.15) is 30.6 Å². The molecule has 3 aliphatic heterocycles. The number of rotatable bonds is 11. The molecule has 3 unspecified atom stereocenters. The SMILES string of the molecule is CNC1=NC(C)N=C(N(Cc2ccco2)CC2N=C(N)NC(N(CCC3N=C(N)NC(NCc4ccco4)=N3)Cc3ccco3)=N2)N1. The Labute approximate surface area is 270 Å². The van der Waals surface area contributed by atoms with E-state index in [-0.39, 0.29) is 18.1 Å². The largest absolute Gasteiger partial charge is 0.467 e. The molecular weight excluding hydrogens is 606 g/mol. The molecule has 0 saturated heterocycles. The first-order valence-corrected chi connectivity index (χ1v) is 15.2. The van der Waals surface area contributed by atoms with Gasteiger partial charge in [-0.1, -0.05) is 0 Å². The van der Waals surface area contributed by atoms with Crippen molar-refractivity contribution in [3.63, 3.8) is 0 Å². The zero-order chi connectivity index (χ0) is 32.6. The molecule has 9 N–H and O–H groups in total. The van der Waals surface area contributed by atoms with E-state index in [0.29, 0.717) is 63.0 Å². The van der Waals surface area contributed by atoms with Gasteiger partial charge in [-0.15, -0.1) is 0 Å². The van der Waals surface area contributed by atoms with Crippen LogP contribution in [-0.2, 0) is 19.6 Å². The van der Waals surface area contributed by atoms with E-state index in [1.807, 2.05) is 53.1 Å². The summed E-state index contributed by atoms with van der Waals surface area (Å²) < 4.78 is 16.7. The van der Waals surface area contributed by atoms with Crippen LogP contribution in [-0.4, -0.2) is 84.2 Å². The molecule has 0 radical (unpaired) electrons. The molecule has 18 nitrogen and oxygen atoms in total. The van der Waals surface area contributed by atoms with Gasteiger partial charge in [0, 0.05) is 20.0 Å². The summed E-state index contributed by atoms with van der Waals surface area (Å²) in [7, 11) is 1.80. The van der Waals surface area contributed by atoms with Crippen molar-refractivity contribution in [2.45, 2.75) is 51.5 Å². The monoisotopic (exact) mass is 645 g/mol. The van der Waals surface area contributed by atoms with Crippen molar-refractivity contribution in [2.24, 2.45) is 41.4 Å². The van der Waals surface area contributed by atoms with Gasteiger partial charge in [0.25, 0.3) is 0 Å². The summed E-state index contributed by atoms with van der Waals surface area (Å²) in [5, 5.41) is 15.6. The molecule has 0 fully saturated rings. The van der Waals surface area contributed by atoms with Crippen molar-refractivity contribution in [3.8, 4) is 0 Å². The van der Waals surface area contributed by atoms with Gasteiger partial charge in [0.2, 0.25) is 17.9 Å². The maximum atomic E-state index is 6.34. The number of nitrogens with one attached hydrogen (secondary N) is 5. The second-order valence-corrected chi connectivity index (χ2v) is 10.8. The minimum atomic E-state index is -0.569. The van der Waals surface area contributed by atoms with E-state index in [1.165, 1.54) is 0 Å². The Hall–Kier alpha value is -5.94. The van der Waals surface area contributed by atoms with Gasteiger partial charge in [0.1, 0.15) is 29.6 Å². The van der Waals surface area contributed by atoms with Crippen LogP contribution in [0.25, 0.3) is 0 Å². The van der Waals surface area contributed by atoms with Gasteiger partial charge in [0.15, 0.2) is 24.0 Å². The van der Waals surface area contributed by atoms with E-state index in [1.54, 1.807) is 25.8 Å². The Morgan fingerprint density at radius 3 is 2.04 bits per heavy atom. The minimum absolute atomic E-state index is 0.235. The van der Waals surface area contributed by atoms with E-state index < -0.39 is 12.3 Å². The number of nitrogens with zero attached hydrogens (tertiary/aromatic N) is 8. The fourth-order valence-electron chi connectivity index (χ4n) is 5.07. The Morgan fingerprint density at radius 2 is 1.36 bits per heavy atom. The lowest BCUT2D eigenvalue weighted by molar-refractivity contribution is 0.320. The van der Waals surface area contributed by atoms with Gasteiger partial charge in [-0.3, -0.25) is 16.0 Å². The predicted octanol–water partition coefficient (Wildman–Crippen LogP) is 0.0303. The summed E-state index contributed by atoms with van der Waals surface area (Å²) in [6.45, 7) is 4.04. The summed E-state index contributed by atoms with van der Waals surface area (Å²) in [5.41, 5.74) is 12.4. The highest BCUT2D eigenvalue weighted by Crippen LogP contribution is 2.15. The van der Waals surface area contributed by atoms with E-state index in [9.17, 15) is 0 Å². The number of furan rings is 3. The lowest BCUT2D eigenvalue weighted by Crippen LogP contribution is -2.54. The first-order chi connectivity index (χ1) is 22.9. The Balaban J connectivity index is 1.19. The lowest BCUT2D eigenvalue weighted by Gasteiger charge is -2.33. The Bertz CT molecular complexity index is 1640. The van der Waals surface area contributed by atoms with Crippen LogP contribution in [0.2, 0.25) is 0 Å². The number of nitrogens with two attached hydrogens (primary N) is 2. The van der Waals surface area contributed by atoms with Gasteiger partial charge in [-0.25, -0.2) is 30.0 Å². The smallest absolute Gasteiger partial charge is 0.203 e. The Kier molecular flexibility index (Phi) is 9.54. The van der Waals surface area contributed by atoms with Crippen molar-refractivity contribution in [3.05, 3.63) is 72.5 Å². The topological polar surface area (TPSA) is 232 Å². The molecule has 3 aromatic heterocycles. The molecule has 0 aliphatic carbocycles. The molecule has 0 saturated carbocycles. The predicted molar refractivity (Wildman–Crippen MR) is 177 cm³/mol. The maximum absolute atomic E-state index is 6.34. The van der Waals surface area contributed by atoms with Crippen LogP contribution < -0.4 is 38.1 Å². The number of guanidine groups is 6. The third-order valence-electron chi connectivity index (χ3n) is 7.21. The summed E-state index contributed by atoms with van der Waals surface area (Å²) in [5.74, 6) is 5.04. The van der Waals surface area contributed by atoms with E-state index in [4.69, 9.17) is 39.7 Å². The molecule has 3 aromatic rings. The van der Waals surface area contributed by atoms with Crippen LogP contribution in [0.15, 0.2) is 98.4 Å². The number of hydrogen-bond acceptors (Lipinski definition) is 18. The van der Waals surface area contributed by atoms with Crippen LogP contribution >= 0.6 is 0 Å². The van der Waals surface area contributed by atoms with Gasteiger partial charge in [-0.2, -0.15) is 0 Å². The summed E-state index contributed by atoms with van der Waals surface area (Å²) in [6, 6.07) is 11.2. The second-order valence-electron chi connectivity index (χ2n) is 10.8. The van der Waals surface area contributed by atoms with Crippen LogP contribution in [0.4, 0.5) is 0 Å². The zero-order valence-electron chi connectivity index (χ0n) is 26.1.